The van der Waals surface area contributed by atoms with Gasteiger partial charge in [0, 0.05) is 18.4 Å². The fraction of sp³-hybridized carbons (Fsp3) is 0.545. The molecule has 3 N–H and O–H groups in total. The number of halogens is 3. The molecule has 0 aromatic rings. The maximum absolute atomic E-state index is 12.1. The van der Waals surface area contributed by atoms with Gasteiger partial charge in [-0.2, -0.15) is 21.6 Å². The van der Waals surface area contributed by atoms with Crippen molar-refractivity contribution >= 4 is 16.0 Å². The van der Waals surface area contributed by atoms with E-state index >= 15 is 0 Å². The predicted octanol–water partition coefficient (Wildman–Crippen LogP) is 1.60. The van der Waals surface area contributed by atoms with Gasteiger partial charge in [0.25, 0.3) is 0 Å². The van der Waals surface area contributed by atoms with E-state index in [9.17, 15) is 21.6 Å². The van der Waals surface area contributed by atoms with E-state index in [1.807, 2.05) is 0 Å². The number of hydrogen-bond donors (Lipinski definition) is 2. The van der Waals surface area contributed by atoms with E-state index in [-0.39, 0.29) is 5.70 Å². The SMILES string of the molecule is C=C(/C=C/C(=N)OS(=O)(=O)C(F)(F)F)N(N)C1CCCCO1. The van der Waals surface area contributed by atoms with Crippen molar-refractivity contribution < 1.29 is 30.5 Å². The van der Waals surface area contributed by atoms with E-state index < -0.39 is 27.8 Å². The van der Waals surface area contributed by atoms with Gasteiger partial charge in [0.05, 0.1) is 0 Å². The summed E-state index contributed by atoms with van der Waals surface area (Å²) in [5, 5.41) is 8.24. The fourth-order valence-corrected chi connectivity index (χ4v) is 1.97. The van der Waals surface area contributed by atoms with Crippen LogP contribution in [0.5, 0.6) is 0 Å². The highest BCUT2D eigenvalue weighted by molar-refractivity contribution is 7.88. The molecule has 126 valence electrons. The van der Waals surface area contributed by atoms with Gasteiger partial charge in [-0.1, -0.05) is 6.58 Å². The van der Waals surface area contributed by atoms with Crippen molar-refractivity contribution in [2.24, 2.45) is 5.84 Å². The number of nitrogens with zero attached hydrogens (tertiary/aromatic N) is 1. The Labute approximate surface area is 125 Å². The first-order chi connectivity index (χ1) is 10.0. The number of allylic oxidation sites excluding steroid dienone is 1. The van der Waals surface area contributed by atoms with Crippen LogP contribution in [0.3, 0.4) is 0 Å². The molecule has 1 heterocycles. The standard InChI is InChI=1S/C11H16F3N3O4S/c1-8(17(16)10-4-2-3-7-20-10)5-6-9(15)21-22(18,19)11(12,13)14/h5-6,10,15H,1-4,7,16H2/b6-5+,15-9?. The zero-order valence-corrected chi connectivity index (χ0v) is 12.3. The lowest BCUT2D eigenvalue weighted by molar-refractivity contribution is -0.0700. The summed E-state index contributed by atoms with van der Waals surface area (Å²) in [5.41, 5.74) is -5.47. The molecular formula is C11H16F3N3O4S. The van der Waals surface area contributed by atoms with Crippen molar-refractivity contribution in [2.75, 3.05) is 6.61 Å². The van der Waals surface area contributed by atoms with E-state index in [0.29, 0.717) is 19.1 Å². The molecule has 0 aromatic heterocycles. The van der Waals surface area contributed by atoms with Crippen molar-refractivity contribution in [1.29, 1.82) is 5.41 Å². The zero-order chi connectivity index (χ0) is 17.0. The number of rotatable bonds is 5. The molecule has 1 atom stereocenters. The third-order valence-electron chi connectivity index (χ3n) is 2.71. The highest BCUT2D eigenvalue weighted by Crippen LogP contribution is 2.24. The van der Waals surface area contributed by atoms with Gasteiger partial charge in [0.1, 0.15) is 6.23 Å². The Bertz CT molecular complexity index is 553. The average molecular weight is 343 g/mol. The molecule has 1 unspecified atom stereocenters. The molecule has 22 heavy (non-hydrogen) atoms. The van der Waals surface area contributed by atoms with Crippen LogP contribution in [0.2, 0.25) is 0 Å². The number of nitrogens with two attached hydrogens (primary N) is 1. The summed E-state index contributed by atoms with van der Waals surface area (Å²) in [7, 11) is -5.86. The molecule has 0 aliphatic carbocycles. The summed E-state index contributed by atoms with van der Waals surface area (Å²) in [6.07, 6.45) is 3.79. The van der Waals surface area contributed by atoms with Gasteiger partial charge in [0.15, 0.2) is 0 Å². The summed E-state index contributed by atoms with van der Waals surface area (Å²) < 4.78 is 66.5. The van der Waals surface area contributed by atoms with Gasteiger partial charge in [0.2, 0.25) is 5.90 Å². The second kappa shape index (κ2) is 7.11. The molecule has 0 bridgehead atoms. The molecule has 1 rings (SSSR count). The molecule has 0 saturated carbocycles. The molecule has 1 saturated heterocycles. The maximum Gasteiger partial charge on any atom is 0.534 e. The maximum atomic E-state index is 12.1. The van der Waals surface area contributed by atoms with Crippen molar-refractivity contribution in [1.82, 2.24) is 5.01 Å². The monoisotopic (exact) mass is 343 g/mol. The topological polar surface area (TPSA) is 106 Å². The van der Waals surface area contributed by atoms with Gasteiger partial charge < -0.3 is 8.92 Å². The van der Waals surface area contributed by atoms with Crippen molar-refractivity contribution in [2.45, 2.75) is 31.0 Å². The first-order valence-corrected chi connectivity index (χ1v) is 7.57. The fourth-order valence-electron chi connectivity index (χ4n) is 1.58. The van der Waals surface area contributed by atoms with Crippen molar-refractivity contribution in [3.05, 3.63) is 24.4 Å². The smallest absolute Gasteiger partial charge is 0.357 e. The zero-order valence-electron chi connectivity index (χ0n) is 11.5. The van der Waals surface area contributed by atoms with Crippen LogP contribution < -0.4 is 5.84 Å². The molecule has 1 aliphatic rings. The van der Waals surface area contributed by atoms with E-state index in [4.69, 9.17) is 16.0 Å². The average Bonchev–Trinajstić information content (AvgIpc) is 2.43. The van der Waals surface area contributed by atoms with Crippen LogP contribution in [0.1, 0.15) is 19.3 Å². The Kier molecular flexibility index (Phi) is 5.97. The molecule has 1 fully saturated rings. The molecule has 0 amide bonds. The van der Waals surface area contributed by atoms with E-state index in [0.717, 1.165) is 23.9 Å². The predicted molar refractivity (Wildman–Crippen MR) is 71.7 cm³/mol. The Morgan fingerprint density at radius 2 is 2.05 bits per heavy atom. The van der Waals surface area contributed by atoms with Crippen LogP contribution in [-0.2, 0) is 19.0 Å². The van der Waals surface area contributed by atoms with Crippen LogP contribution in [0.15, 0.2) is 24.4 Å². The molecule has 1 aliphatic heterocycles. The number of hydrogen-bond acceptors (Lipinski definition) is 7. The van der Waals surface area contributed by atoms with Crippen LogP contribution in [0.4, 0.5) is 13.2 Å². The Hall–Kier alpha value is -1.59. The van der Waals surface area contributed by atoms with Gasteiger partial charge in [-0.05, 0) is 25.3 Å². The number of ether oxygens (including phenoxy) is 1. The lowest BCUT2D eigenvalue weighted by Crippen LogP contribution is -2.43. The highest BCUT2D eigenvalue weighted by Gasteiger charge is 2.48. The Balaban J connectivity index is 2.60. The molecular weight excluding hydrogens is 327 g/mol. The first kappa shape index (κ1) is 18.5. The second-order valence-electron chi connectivity index (χ2n) is 4.40. The Morgan fingerprint density at radius 1 is 1.41 bits per heavy atom. The van der Waals surface area contributed by atoms with E-state index in [1.165, 1.54) is 0 Å². The van der Waals surface area contributed by atoms with E-state index in [2.05, 4.69) is 10.8 Å². The van der Waals surface area contributed by atoms with Gasteiger partial charge in [-0.15, -0.1) is 0 Å². The van der Waals surface area contributed by atoms with Gasteiger partial charge >= 0.3 is 15.6 Å². The summed E-state index contributed by atoms with van der Waals surface area (Å²) in [4.78, 5) is 0. The summed E-state index contributed by atoms with van der Waals surface area (Å²) in [6.45, 7) is 4.08. The van der Waals surface area contributed by atoms with Crippen molar-refractivity contribution in [3.8, 4) is 0 Å². The van der Waals surface area contributed by atoms with E-state index in [1.54, 1.807) is 0 Å². The minimum absolute atomic E-state index is 0.129. The van der Waals surface area contributed by atoms with Gasteiger partial charge in [-0.25, -0.2) is 5.84 Å². The third-order valence-corrected chi connectivity index (χ3v) is 3.67. The van der Waals surface area contributed by atoms with Crippen LogP contribution in [0, 0.1) is 5.41 Å². The highest BCUT2D eigenvalue weighted by atomic mass is 32.2. The largest absolute Gasteiger partial charge is 0.534 e. The second-order valence-corrected chi connectivity index (χ2v) is 5.94. The molecule has 0 aromatic carbocycles. The van der Waals surface area contributed by atoms with Gasteiger partial charge in [-0.3, -0.25) is 10.4 Å². The lowest BCUT2D eigenvalue weighted by Gasteiger charge is -2.32. The Morgan fingerprint density at radius 3 is 2.55 bits per heavy atom. The molecule has 7 nitrogen and oxygen atoms in total. The summed E-state index contributed by atoms with van der Waals surface area (Å²) >= 11 is 0. The number of nitrogens with one attached hydrogen (secondary N) is 1. The minimum Gasteiger partial charge on any atom is -0.357 e. The number of hydrazine groups is 1. The van der Waals surface area contributed by atoms with Crippen LogP contribution in [0.25, 0.3) is 0 Å². The molecule has 0 radical (unpaired) electrons. The summed E-state index contributed by atoms with van der Waals surface area (Å²) in [6, 6.07) is 0. The van der Waals surface area contributed by atoms with Crippen molar-refractivity contribution in [3.63, 3.8) is 0 Å². The molecule has 11 heteroatoms. The summed E-state index contributed by atoms with van der Waals surface area (Å²) in [5.74, 6) is 4.51. The first-order valence-electron chi connectivity index (χ1n) is 6.16. The third kappa shape index (κ3) is 5.00. The minimum atomic E-state index is -5.86. The van der Waals surface area contributed by atoms with Crippen LogP contribution >= 0.6 is 0 Å². The molecule has 0 spiro atoms. The normalized spacial score (nSPS) is 19.9. The van der Waals surface area contributed by atoms with Crippen LogP contribution in [-0.4, -0.2) is 37.7 Å². The lowest BCUT2D eigenvalue weighted by atomic mass is 10.2. The quantitative estimate of drug-likeness (QED) is 0.149. The number of alkyl halides is 3.